The van der Waals surface area contributed by atoms with Gasteiger partial charge in [-0.1, -0.05) is 0 Å². The van der Waals surface area contributed by atoms with Crippen LogP contribution >= 0.6 is 0 Å². The summed E-state index contributed by atoms with van der Waals surface area (Å²) in [6.45, 7) is 4.12. The van der Waals surface area contributed by atoms with Crippen molar-refractivity contribution in [2.45, 2.75) is 38.9 Å². The number of amides is 1. The minimum absolute atomic E-state index is 0.0246. The van der Waals surface area contributed by atoms with Crippen molar-refractivity contribution in [1.82, 2.24) is 19.8 Å². The second-order valence-electron chi connectivity index (χ2n) is 6.23. The van der Waals surface area contributed by atoms with E-state index in [2.05, 4.69) is 57.3 Å². The maximum absolute atomic E-state index is 11.1. The highest BCUT2D eigenvalue weighted by molar-refractivity contribution is 5.72. The molecule has 2 aromatic heterocycles. The van der Waals surface area contributed by atoms with Crippen LogP contribution in [0.3, 0.4) is 0 Å². The molecule has 2 aromatic rings. The van der Waals surface area contributed by atoms with Crippen molar-refractivity contribution in [1.29, 1.82) is 0 Å². The van der Waals surface area contributed by atoms with Crippen LogP contribution in [-0.4, -0.2) is 26.9 Å². The van der Waals surface area contributed by atoms with E-state index in [-0.39, 0.29) is 5.91 Å². The van der Waals surface area contributed by atoms with E-state index in [1.54, 1.807) is 0 Å². The van der Waals surface area contributed by atoms with Crippen molar-refractivity contribution in [2.75, 3.05) is 6.54 Å². The lowest BCUT2D eigenvalue weighted by Gasteiger charge is -2.25. The molecule has 3 rings (SSSR count). The van der Waals surface area contributed by atoms with Crippen LogP contribution in [0, 0.1) is 0 Å². The van der Waals surface area contributed by atoms with Gasteiger partial charge in [0.25, 0.3) is 0 Å². The quantitative estimate of drug-likeness (QED) is 0.922. The summed E-state index contributed by atoms with van der Waals surface area (Å²) < 4.78 is 2.18. The number of nitrogens with zero attached hydrogens (tertiary/aromatic N) is 3. The van der Waals surface area contributed by atoms with Gasteiger partial charge in [-0.2, -0.15) is 0 Å². The summed E-state index contributed by atoms with van der Waals surface area (Å²) >= 11 is 0. The fourth-order valence-electron chi connectivity index (χ4n) is 3.28. The summed E-state index contributed by atoms with van der Waals surface area (Å²) in [5.74, 6) is -0.0246. The van der Waals surface area contributed by atoms with Gasteiger partial charge in [0.05, 0.1) is 12.2 Å². The molecule has 1 N–H and O–H groups in total. The zero-order chi connectivity index (χ0) is 16.2. The third kappa shape index (κ3) is 3.79. The third-order valence-electron chi connectivity index (χ3n) is 4.52. The van der Waals surface area contributed by atoms with Crippen LogP contribution in [0.25, 0.3) is 0 Å². The molecular formula is C18H24N4O. The van der Waals surface area contributed by atoms with Gasteiger partial charge >= 0.3 is 0 Å². The summed E-state index contributed by atoms with van der Waals surface area (Å²) in [6.07, 6.45) is 6.34. The smallest absolute Gasteiger partial charge is 0.217 e. The topological polar surface area (TPSA) is 50.2 Å². The summed E-state index contributed by atoms with van der Waals surface area (Å²) in [5, 5.41) is 2.82. The molecule has 0 spiro atoms. The van der Waals surface area contributed by atoms with Crippen molar-refractivity contribution in [3.8, 4) is 0 Å². The van der Waals surface area contributed by atoms with Crippen LogP contribution in [0.15, 0.2) is 36.7 Å². The molecule has 0 aliphatic carbocycles. The molecule has 1 aliphatic heterocycles. The summed E-state index contributed by atoms with van der Waals surface area (Å²) in [4.78, 5) is 18.0. The second-order valence-corrected chi connectivity index (χ2v) is 6.23. The van der Waals surface area contributed by atoms with Gasteiger partial charge in [-0.25, -0.2) is 0 Å². The minimum atomic E-state index is -0.0246. The van der Waals surface area contributed by atoms with Crippen molar-refractivity contribution in [3.63, 3.8) is 0 Å². The van der Waals surface area contributed by atoms with E-state index >= 15 is 0 Å². The summed E-state index contributed by atoms with van der Waals surface area (Å²) in [5.41, 5.74) is 3.56. The first kappa shape index (κ1) is 15.7. The van der Waals surface area contributed by atoms with Crippen molar-refractivity contribution < 1.29 is 4.79 Å². The van der Waals surface area contributed by atoms with Gasteiger partial charge in [-0.05, 0) is 49.2 Å². The number of pyridine rings is 1. The summed E-state index contributed by atoms with van der Waals surface area (Å²) in [6, 6.07) is 8.95. The lowest BCUT2D eigenvalue weighted by Crippen LogP contribution is -2.24. The highest BCUT2D eigenvalue weighted by Gasteiger charge is 2.26. The van der Waals surface area contributed by atoms with Crippen LogP contribution in [-0.2, 0) is 24.9 Å². The Bertz CT molecular complexity index is 679. The predicted molar refractivity (Wildman–Crippen MR) is 89.6 cm³/mol. The Morgan fingerprint density at radius 2 is 2.30 bits per heavy atom. The van der Waals surface area contributed by atoms with Crippen LogP contribution in [0.5, 0.6) is 0 Å². The molecule has 122 valence electrons. The van der Waals surface area contributed by atoms with Gasteiger partial charge < -0.3 is 9.88 Å². The fraction of sp³-hybridized carbons (Fsp3) is 0.444. The Morgan fingerprint density at radius 3 is 3.04 bits per heavy atom. The van der Waals surface area contributed by atoms with Crippen LogP contribution in [0.1, 0.15) is 42.8 Å². The Labute approximate surface area is 137 Å². The normalized spacial score (nSPS) is 18.3. The van der Waals surface area contributed by atoms with Gasteiger partial charge in [-0.15, -0.1) is 0 Å². The lowest BCUT2D eigenvalue weighted by molar-refractivity contribution is -0.119. The molecule has 1 atom stereocenters. The Balaban J connectivity index is 1.73. The summed E-state index contributed by atoms with van der Waals surface area (Å²) in [7, 11) is 2.10. The molecule has 0 saturated carbocycles. The van der Waals surface area contributed by atoms with Gasteiger partial charge in [0.15, 0.2) is 0 Å². The van der Waals surface area contributed by atoms with Crippen LogP contribution in [0.4, 0.5) is 0 Å². The van der Waals surface area contributed by atoms with Gasteiger partial charge in [0.1, 0.15) is 0 Å². The standard InChI is InChI=1S/C18H24N4O/c1-14(23)20-12-16-11-15(7-8-19-16)18-6-4-10-22(18)13-17-5-3-9-21(17)2/h3,5,7-9,11,18H,4,6,10,12-13H2,1-2H3,(H,20,23)/t18-/m0/s1. The zero-order valence-electron chi connectivity index (χ0n) is 13.8. The van der Waals surface area contributed by atoms with E-state index in [1.165, 1.54) is 31.0 Å². The van der Waals surface area contributed by atoms with Gasteiger partial charge in [-0.3, -0.25) is 14.7 Å². The monoisotopic (exact) mass is 312 g/mol. The predicted octanol–water partition coefficient (Wildman–Crippen LogP) is 2.39. The number of carbonyl (C=O) groups is 1. The van der Waals surface area contributed by atoms with E-state index in [4.69, 9.17) is 0 Å². The minimum Gasteiger partial charge on any atom is -0.353 e. The van der Waals surface area contributed by atoms with Crippen molar-refractivity contribution >= 4 is 5.91 Å². The molecule has 0 radical (unpaired) electrons. The van der Waals surface area contributed by atoms with E-state index < -0.39 is 0 Å². The van der Waals surface area contributed by atoms with Gasteiger partial charge in [0.2, 0.25) is 5.91 Å². The number of aryl methyl sites for hydroxylation is 1. The lowest BCUT2D eigenvalue weighted by atomic mass is 10.0. The molecule has 0 unspecified atom stereocenters. The molecule has 0 aromatic carbocycles. The average Bonchev–Trinajstić information content (AvgIpc) is 3.16. The molecule has 5 nitrogen and oxygen atoms in total. The zero-order valence-corrected chi connectivity index (χ0v) is 13.8. The number of likely N-dealkylation sites (tertiary alicyclic amines) is 1. The molecule has 1 aliphatic rings. The molecule has 1 saturated heterocycles. The van der Waals surface area contributed by atoms with E-state index in [9.17, 15) is 4.79 Å². The number of hydrogen-bond acceptors (Lipinski definition) is 3. The third-order valence-corrected chi connectivity index (χ3v) is 4.52. The van der Waals surface area contributed by atoms with Crippen molar-refractivity contribution in [2.24, 2.45) is 7.05 Å². The number of nitrogens with one attached hydrogen (secondary N) is 1. The maximum atomic E-state index is 11.1. The molecule has 1 amide bonds. The van der Waals surface area contributed by atoms with E-state index in [0.717, 1.165) is 18.8 Å². The van der Waals surface area contributed by atoms with Crippen LogP contribution in [0.2, 0.25) is 0 Å². The SMILES string of the molecule is CC(=O)NCc1cc([C@@H]2CCCN2Cc2cccn2C)ccn1. The van der Waals surface area contributed by atoms with E-state index in [1.807, 2.05) is 6.20 Å². The molecule has 1 fully saturated rings. The maximum Gasteiger partial charge on any atom is 0.217 e. The van der Waals surface area contributed by atoms with Crippen LogP contribution < -0.4 is 5.32 Å². The second kappa shape index (κ2) is 6.96. The average molecular weight is 312 g/mol. The number of aromatic nitrogens is 2. The molecule has 23 heavy (non-hydrogen) atoms. The first-order valence-electron chi connectivity index (χ1n) is 8.17. The fourth-order valence-corrected chi connectivity index (χ4v) is 3.28. The highest BCUT2D eigenvalue weighted by Crippen LogP contribution is 2.33. The number of hydrogen-bond donors (Lipinski definition) is 1. The first-order chi connectivity index (χ1) is 11.1. The van der Waals surface area contributed by atoms with Crippen molar-refractivity contribution in [3.05, 3.63) is 53.6 Å². The van der Waals surface area contributed by atoms with E-state index in [0.29, 0.717) is 12.6 Å². The first-order valence-corrected chi connectivity index (χ1v) is 8.17. The number of carbonyl (C=O) groups excluding carboxylic acids is 1. The highest BCUT2D eigenvalue weighted by atomic mass is 16.1. The Morgan fingerprint density at radius 1 is 1.43 bits per heavy atom. The Hall–Kier alpha value is -2.14. The van der Waals surface area contributed by atoms with Gasteiger partial charge in [0, 0.05) is 44.6 Å². The molecule has 5 heteroatoms. The molecular weight excluding hydrogens is 288 g/mol. The molecule has 0 bridgehead atoms. The Kier molecular flexibility index (Phi) is 4.76. The molecule has 3 heterocycles. The largest absolute Gasteiger partial charge is 0.353 e. The number of rotatable bonds is 5.